The second-order valence-electron chi connectivity index (χ2n) is 6.11. The van der Waals surface area contributed by atoms with Crippen molar-refractivity contribution in [2.75, 3.05) is 31.1 Å². The van der Waals surface area contributed by atoms with Crippen molar-refractivity contribution in [2.45, 2.75) is 0 Å². The second-order valence-corrected chi connectivity index (χ2v) is 6.55. The quantitative estimate of drug-likeness (QED) is 0.714. The Hall–Kier alpha value is -2.86. The number of piperazine rings is 1. The maximum absolute atomic E-state index is 12.7. The van der Waals surface area contributed by atoms with Gasteiger partial charge in [0.1, 0.15) is 0 Å². The van der Waals surface area contributed by atoms with E-state index >= 15 is 0 Å². The lowest BCUT2D eigenvalue weighted by Gasteiger charge is -2.35. The Labute approximate surface area is 156 Å². The molecule has 4 rings (SSSR count). The van der Waals surface area contributed by atoms with Crippen LogP contribution in [0.5, 0.6) is 0 Å². The molecule has 0 aliphatic carbocycles. The molecule has 2 heterocycles. The molecule has 6 nitrogen and oxygen atoms in total. The van der Waals surface area contributed by atoms with Gasteiger partial charge in [-0.15, -0.1) is 5.10 Å². The van der Waals surface area contributed by atoms with E-state index in [1.165, 1.54) is 11.0 Å². The summed E-state index contributed by atoms with van der Waals surface area (Å²) in [5.41, 5.74) is 2.28. The first kappa shape index (κ1) is 16.6. The van der Waals surface area contributed by atoms with E-state index in [1.807, 2.05) is 59.5 Å². The number of hydrogen-bond donors (Lipinski definition) is 0. The van der Waals surface area contributed by atoms with E-state index in [0.29, 0.717) is 18.8 Å². The minimum Gasteiger partial charge on any atom is -0.368 e. The van der Waals surface area contributed by atoms with Crippen molar-refractivity contribution in [3.05, 3.63) is 71.5 Å². The fraction of sp³-hybridized carbons (Fsp3) is 0.211. The van der Waals surface area contributed by atoms with Gasteiger partial charge in [0.05, 0.1) is 11.9 Å². The summed E-state index contributed by atoms with van der Waals surface area (Å²) >= 11 is 6.07. The van der Waals surface area contributed by atoms with Crippen molar-refractivity contribution < 1.29 is 4.79 Å². The molecule has 0 N–H and O–H groups in total. The Balaban J connectivity index is 1.42. The highest BCUT2D eigenvalue weighted by molar-refractivity contribution is 6.30. The highest BCUT2D eigenvalue weighted by Gasteiger charge is 2.24. The highest BCUT2D eigenvalue weighted by atomic mass is 35.5. The van der Waals surface area contributed by atoms with Crippen LogP contribution in [0.4, 0.5) is 5.69 Å². The van der Waals surface area contributed by atoms with Crippen LogP contribution in [0.1, 0.15) is 10.5 Å². The Kier molecular flexibility index (Phi) is 4.58. The number of hydrogen-bond acceptors (Lipinski definition) is 4. The molecule has 0 radical (unpaired) electrons. The van der Waals surface area contributed by atoms with Crippen molar-refractivity contribution in [2.24, 2.45) is 0 Å². The van der Waals surface area contributed by atoms with Crippen LogP contribution in [-0.4, -0.2) is 52.0 Å². The predicted octanol–water partition coefficient (Wildman–Crippen LogP) is 2.88. The van der Waals surface area contributed by atoms with Gasteiger partial charge in [0.15, 0.2) is 5.69 Å². The molecule has 3 aromatic rings. The van der Waals surface area contributed by atoms with Gasteiger partial charge < -0.3 is 9.80 Å². The van der Waals surface area contributed by atoms with Gasteiger partial charge in [0.2, 0.25) is 0 Å². The molecule has 1 saturated heterocycles. The topological polar surface area (TPSA) is 54.3 Å². The Morgan fingerprint density at radius 1 is 0.923 bits per heavy atom. The van der Waals surface area contributed by atoms with Crippen LogP contribution in [-0.2, 0) is 0 Å². The third-order valence-electron chi connectivity index (χ3n) is 4.44. The number of anilines is 1. The Bertz CT molecular complexity index is 903. The van der Waals surface area contributed by atoms with E-state index in [0.717, 1.165) is 29.5 Å². The zero-order chi connectivity index (χ0) is 17.9. The fourth-order valence-electron chi connectivity index (χ4n) is 3.05. The lowest BCUT2D eigenvalue weighted by molar-refractivity contribution is 0.0740. The lowest BCUT2D eigenvalue weighted by atomic mass is 10.2. The van der Waals surface area contributed by atoms with E-state index in [2.05, 4.69) is 15.1 Å². The summed E-state index contributed by atoms with van der Waals surface area (Å²) in [6.07, 6.45) is 1.53. The van der Waals surface area contributed by atoms with Crippen LogP contribution in [0.3, 0.4) is 0 Å². The number of para-hydroxylation sites is 1. The molecule has 0 bridgehead atoms. The lowest BCUT2D eigenvalue weighted by Crippen LogP contribution is -2.48. The summed E-state index contributed by atoms with van der Waals surface area (Å²) in [7, 11) is 0. The standard InChI is InChI=1S/C19H18ClN5O/c20-15-5-4-8-17(13-15)23-9-11-24(12-10-23)19(26)18-14-21-25(22-18)16-6-2-1-3-7-16/h1-8,13-14H,9-12H2. The molecule has 1 amide bonds. The minimum atomic E-state index is -0.0853. The SMILES string of the molecule is O=C(c1cnn(-c2ccccc2)n1)N1CCN(c2cccc(Cl)c2)CC1. The molecule has 1 fully saturated rings. The van der Waals surface area contributed by atoms with Crippen LogP contribution in [0.2, 0.25) is 5.02 Å². The molecule has 0 atom stereocenters. The number of amides is 1. The highest BCUT2D eigenvalue weighted by Crippen LogP contribution is 2.21. The van der Waals surface area contributed by atoms with E-state index in [9.17, 15) is 4.79 Å². The van der Waals surface area contributed by atoms with Crippen molar-refractivity contribution in [1.82, 2.24) is 19.9 Å². The zero-order valence-electron chi connectivity index (χ0n) is 14.1. The van der Waals surface area contributed by atoms with Crippen LogP contribution in [0.25, 0.3) is 5.69 Å². The van der Waals surface area contributed by atoms with Gasteiger partial charge in [-0.05, 0) is 30.3 Å². The van der Waals surface area contributed by atoms with E-state index in [4.69, 9.17) is 11.6 Å². The van der Waals surface area contributed by atoms with Crippen molar-refractivity contribution in [3.8, 4) is 5.69 Å². The number of halogens is 1. The van der Waals surface area contributed by atoms with Gasteiger partial charge in [-0.3, -0.25) is 4.79 Å². The Morgan fingerprint density at radius 3 is 2.38 bits per heavy atom. The first-order valence-corrected chi connectivity index (χ1v) is 8.86. The normalized spacial score (nSPS) is 14.5. The first-order valence-electron chi connectivity index (χ1n) is 8.48. The molecule has 0 saturated carbocycles. The molecule has 132 valence electrons. The minimum absolute atomic E-state index is 0.0853. The molecule has 0 spiro atoms. The number of carbonyl (C=O) groups is 1. The summed E-state index contributed by atoms with van der Waals surface area (Å²) < 4.78 is 0. The summed E-state index contributed by atoms with van der Waals surface area (Å²) in [6.45, 7) is 2.81. The average Bonchev–Trinajstić information content (AvgIpc) is 3.18. The van der Waals surface area contributed by atoms with Gasteiger partial charge in [-0.1, -0.05) is 35.9 Å². The van der Waals surface area contributed by atoms with Gasteiger partial charge in [-0.2, -0.15) is 9.90 Å². The van der Waals surface area contributed by atoms with Crippen LogP contribution >= 0.6 is 11.6 Å². The molecule has 7 heteroatoms. The van der Waals surface area contributed by atoms with Gasteiger partial charge >= 0.3 is 0 Å². The molecular formula is C19H18ClN5O. The molecular weight excluding hydrogens is 350 g/mol. The fourth-order valence-corrected chi connectivity index (χ4v) is 3.23. The molecule has 2 aromatic carbocycles. The molecule has 1 aromatic heterocycles. The van der Waals surface area contributed by atoms with Crippen molar-refractivity contribution in [3.63, 3.8) is 0 Å². The van der Waals surface area contributed by atoms with Crippen molar-refractivity contribution in [1.29, 1.82) is 0 Å². The van der Waals surface area contributed by atoms with Gasteiger partial charge in [0.25, 0.3) is 5.91 Å². The maximum Gasteiger partial charge on any atom is 0.276 e. The maximum atomic E-state index is 12.7. The van der Waals surface area contributed by atoms with E-state index in [1.54, 1.807) is 0 Å². The predicted molar refractivity (Wildman–Crippen MR) is 101 cm³/mol. The zero-order valence-corrected chi connectivity index (χ0v) is 14.9. The smallest absolute Gasteiger partial charge is 0.276 e. The van der Waals surface area contributed by atoms with E-state index in [-0.39, 0.29) is 5.91 Å². The summed E-state index contributed by atoms with van der Waals surface area (Å²) in [4.78, 5) is 18.2. The Morgan fingerprint density at radius 2 is 1.65 bits per heavy atom. The molecule has 1 aliphatic rings. The third kappa shape index (κ3) is 3.41. The molecule has 0 unspecified atom stereocenters. The second kappa shape index (κ2) is 7.17. The summed E-state index contributed by atoms with van der Waals surface area (Å²) in [5, 5.41) is 9.26. The number of carbonyl (C=O) groups excluding carboxylic acids is 1. The number of aromatic nitrogens is 3. The molecule has 26 heavy (non-hydrogen) atoms. The average molecular weight is 368 g/mol. The molecule has 1 aliphatic heterocycles. The van der Waals surface area contributed by atoms with Crippen LogP contribution < -0.4 is 4.90 Å². The van der Waals surface area contributed by atoms with E-state index < -0.39 is 0 Å². The van der Waals surface area contributed by atoms with Gasteiger partial charge in [0, 0.05) is 36.9 Å². The summed E-state index contributed by atoms with van der Waals surface area (Å²) in [5.74, 6) is -0.0853. The van der Waals surface area contributed by atoms with Crippen molar-refractivity contribution >= 4 is 23.2 Å². The first-order chi connectivity index (χ1) is 12.7. The number of rotatable bonds is 3. The van der Waals surface area contributed by atoms with Crippen LogP contribution in [0, 0.1) is 0 Å². The summed E-state index contributed by atoms with van der Waals surface area (Å²) in [6, 6.07) is 17.3. The third-order valence-corrected chi connectivity index (χ3v) is 4.67. The largest absolute Gasteiger partial charge is 0.368 e. The van der Waals surface area contributed by atoms with Gasteiger partial charge in [-0.25, -0.2) is 0 Å². The monoisotopic (exact) mass is 367 g/mol. The number of nitrogens with zero attached hydrogens (tertiary/aromatic N) is 5. The van der Waals surface area contributed by atoms with Crippen LogP contribution in [0.15, 0.2) is 60.8 Å². The number of benzene rings is 2.